The normalized spacial score (nSPS) is 11.0. The minimum Gasteiger partial charge on any atom is -0.330 e. The van der Waals surface area contributed by atoms with Gasteiger partial charge in [0.15, 0.2) is 0 Å². The van der Waals surface area contributed by atoms with E-state index in [9.17, 15) is 0 Å². The fraction of sp³-hybridized carbons (Fsp3) is 0.727. The highest BCUT2D eigenvalue weighted by molar-refractivity contribution is 5.14. The Morgan fingerprint density at radius 3 is 1.54 bits per heavy atom. The van der Waals surface area contributed by atoms with Crippen LogP contribution in [0.1, 0.15) is 89.0 Å². The molecule has 2 nitrogen and oxygen atoms in total. The number of unbranched alkanes of at least 4 members (excludes halogenated alkanes) is 12. The van der Waals surface area contributed by atoms with Crippen LogP contribution in [0.4, 0.5) is 0 Å². The van der Waals surface area contributed by atoms with Crippen LogP contribution in [0.5, 0.6) is 0 Å². The average Bonchev–Trinajstić information content (AvgIpc) is 2.62. The van der Waals surface area contributed by atoms with E-state index in [0.717, 1.165) is 19.6 Å². The molecular formula is C22H40N2. The van der Waals surface area contributed by atoms with Gasteiger partial charge in [0.1, 0.15) is 0 Å². The maximum absolute atomic E-state index is 5.50. The van der Waals surface area contributed by atoms with Crippen molar-refractivity contribution in [3.8, 4) is 0 Å². The van der Waals surface area contributed by atoms with Crippen molar-refractivity contribution >= 4 is 0 Å². The lowest BCUT2D eigenvalue weighted by molar-refractivity contribution is 0.531. The monoisotopic (exact) mass is 332 g/mol. The lowest BCUT2D eigenvalue weighted by Crippen LogP contribution is -2.14. The number of nitrogens with one attached hydrogen (secondary N) is 1. The first-order valence-electron chi connectivity index (χ1n) is 10.4. The van der Waals surface area contributed by atoms with E-state index in [4.69, 9.17) is 5.73 Å². The van der Waals surface area contributed by atoms with Gasteiger partial charge < -0.3 is 11.1 Å². The zero-order valence-corrected chi connectivity index (χ0v) is 15.8. The van der Waals surface area contributed by atoms with E-state index in [2.05, 4.69) is 35.6 Å². The lowest BCUT2D eigenvalue weighted by atomic mass is 10.0. The largest absolute Gasteiger partial charge is 0.330 e. The summed E-state index contributed by atoms with van der Waals surface area (Å²) in [5.41, 5.74) is 6.89. The van der Waals surface area contributed by atoms with E-state index in [1.165, 1.54) is 89.0 Å². The molecule has 3 N–H and O–H groups in total. The molecule has 0 unspecified atom stereocenters. The Kier molecular flexibility index (Phi) is 15.0. The van der Waals surface area contributed by atoms with Crippen LogP contribution in [0.25, 0.3) is 0 Å². The molecule has 0 saturated carbocycles. The molecular weight excluding hydrogens is 292 g/mol. The van der Waals surface area contributed by atoms with Crippen LogP contribution in [0.2, 0.25) is 0 Å². The van der Waals surface area contributed by atoms with Crippen molar-refractivity contribution in [2.45, 2.75) is 90.0 Å². The van der Waals surface area contributed by atoms with E-state index >= 15 is 0 Å². The molecule has 0 radical (unpaired) electrons. The topological polar surface area (TPSA) is 38.0 Å². The Morgan fingerprint density at radius 1 is 0.583 bits per heavy atom. The Labute approximate surface area is 150 Å². The molecule has 0 heterocycles. The van der Waals surface area contributed by atoms with Gasteiger partial charge in [-0.3, -0.25) is 0 Å². The second kappa shape index (κ2) is 17.0. The molecule has 1 aromatic rings. The molecule has 0 saturated heterocycles. The van der Waals surface area contributed by atoms with Crippen LogP contribution >= 0.6 is 0 Å². The lowest BCUT2D eigenvalue weighted by Gasteiger charge is -2.05. The van der Waals surface area contributed by atoms with E-state index in [-0.39, 0.29) is 0 Å². The maximum Gasteiger partial charge on any atom is 0.0205 e. The van der Waals surface area contributed by atoms with Gasteiger partial charge in [-0.05, 0) is 31.5 Å². The standard InChI is InChI=1S/C22H40N2/c23-19-15-10-8-6-4-2-1-3-5-7-9-11-16-20-24-21-22-17-13-12-14-18-22/h12-14,17-18,24H,1-11,15-16,19-21,23H2. The Hall–Kier alpha value is -0.860. The molecule has 138 valence electrons. The molecule has 1 rings (SSSR count). The van der Waals surface area contributed by atoms with Crippen molar-refractivity contribution in [3.63, 3.8) is 0 Å². The second-order valence-electron chi connectivity index (χ2n) is 7.05. The fourth-order valence-electron chi connectivity index (χ4n) is 3.17. The summed E-state index contributed by atoms with van der Waals surface area (Å²) < 4.78 is 0. The summed E-state index contributed by atoms with van der Waals surface area (Å²) in [4.78, 5) is 0. The molecule has 0 bridgehead atoms. The summed E-state index contributed by atoms with van der Waals surface area (Å²) >= 11 is 0. The van der Waals surface area contributed by atoms with Gasteiger partial charge in [-0.2, -0.15) is 0 Å². The van der Waals surface area contributed by atoms with Crippen LogP contribution in [0.15, 0.2) is 30.3 Å². The first-order valence-corrected chi connectivity index (χ1v) is 10.4. The van der Waals surface area contributed by atoms with E-state index in [1.54, 1.807) is 0 Å². The average molecular weight is 333 g/mol. The molecule has 0 aliphatic rings. The number of benzene rings is 1. The third kappa shape index (κ3) is 13.6. The second-order valence-corrected chi connectivity index (χ2v) is 7.05. The molecule has 0 fully saturated rings. The molecule has 0 aliphatic carbocycles. The maximum atomic E-state index is 5.50. The van der Waals surface area contributed by atoms with Crippen molar-refractivity contribution in [1.82, 2.24) is 5.32 Å². The van der Waals surface area contributed by atoms with Gasteiger partial charge in [-0.25, -0.2) is 0 Å². The van der Waals surface area contributed by atoms with Crippen molar-refractivity contribution in [2.24, 2.45) is 5.73 Å². The van der Waals surface area contributed by atoms with Gasteiger partial charge in [0, 0.05) is 6.54 Å². The zero-order valence-electron chi connectivity index (χ0n) is 15.8. The van der Waals surface area contributed by atoms with Gasteiger partial charge in [-0.15, -0.1) is 0 Å². The summed E-state index contributed by atoms with van der Waals surface area (Å²) in [6, 6.07) is 10.7. The van der Waals surface area contributed by atoms with Crippen molar-refractivity contribution in [2.75, 3.05) is 13.1 Å². The molecule has 2 heteroatoms. The molecule has 0 aromatic heterocycles. The minimum atomic E-state index is 0.864. The summed E-state index contributed by atoms with van der Waals surface area (Å²) in [5, 5.41) is 3.54. The van der Waals surface area contributed by atoms with Crippen molar-refractivity contribution in [3.05, 3.63) is 35.9 Å². The molecule has 0 amide bonds. The van der Waals surface area contributed by atoms with Crippen molar-refractivity contribution in [1.29, 1.82) is 0 Å². The van der Waals surface area contributed by atoms with E-state index < -0.39 is 0 Å². The minimum absolute atomic E-state index is 0.864. The van der Waals surface area contributed by atoms with Gasteiger partial charge in [-0.1, -0.05) is 101 Å². The fourth-order valence-corrected chi connectivity index (χ4v) is 3.17. The third-order valence-corrected chi connectivity index (χ3v) is 4.73. The van der Waals surface area contributed by atoms with E-state index in [1.807, 2.05) is 0 Å². The smallest absolute Gasteiger partial charge is 0.0205 e. The molecule has 0 spiro atoms. The highest BCUT2D eigenvalue weighted by atomic mass is 14.8. The number of rotatable bonds is 17. The van der Waals surface area contributed by atoms with Gasteiger partial charge in [0.05, 0.1) is 0 Å². The van der Waals surface area contributed by atoms with Crippen LogP contribution in [-0.2, 0) is 6.54 Å². The summed E-state index contributed by atoms with van der Waals surface area (Å²) in [7, 11) is 0. The first-order chi connectivity index (χ1) is 11.9. The highest BCUT2D eigenvalue weighted by Gasteiger charge is 1.95. The molecule has 0 aliphatic heterocycles. The number of hydrogen-bond acceptors (Lipinski definition) is 2. The summed E-state index contributed by atoms with van der Waals surface area (Å²) in [5.74, 6) is 0. The van der Waals surface area contributed by atoms with Gasteiger partial charge >= 0.3 is 0 Å². The van der Waals surface area contributed by atoms with Crippen LogP contribution in [0, 0.1) is 0 Å². The predicted octanol–water partition coefficient (Wildman–Crippen LogP) is 5.81. The van der Waals surface area contributed by atoms with Gasteiger partial charge in [0.25, 0.3) is 0 Å². The molecule has 24 heavy (non-hydrogen) atoms. The third-order valence-electron chi connectivity index (χ3n) is 4.73. The van der Waals surface area contributed by atoms with E-state index in [0.29, 0.717) is 0 Å². The first kappa shape index (κ1) is 21.2. The Bertz CT molecular complexity index is 350. The summed E-state index contributed by atoms with van der Waals surface area (Å²) in [6.07, 6.45) is 18.0. The number of hydrogen-bond donors (Lipinski definition) is 2. The van der Waals surface area contributed by atoms with Crippen molar-refractivity contribution < 1.29 is 0 Å². The highest BCUT2D eigenvalue weighted by Crippen LogP contribution is 2.12. The molecule has 0 atom stereocenters. The summed E-state index contributed by atoms with van der Waals surface area (Å²) in [6.45, 7) is 3.02. The number of nitrogens with two attached hydrogens (primary N) is 1. The van der Waals surface area contributed by atoms with Crippen LogP contribution in [0.3, 0.4) is 0 Å². The van der Waals surface area contributed by atoms with Crippen LogP contribution < -0.4 is 11.1 Å². The van der Waals surface area contributed by atoms with Crippen LogP contribution in [-0.4, -0.2) is 13.1 Å². The SMILES string of the molecule is NCCCCCCCCCCCCCCCNCc1ccccc1. The Balaban J connectivity index is 1.70. The zero-order chi connectivity index (χ0) is 17.1. The predicted molar refractivity (Wildman–Crippen MR) is 107 cm³/mol. The van der Waals surface area contributed by atoms with Gasteiger partial charge in [0.2, 0.25) is 0 Å². The molecule has 1 aromatic carbocycles. The Morgan fingerprint density at radius 2 is 1.04 bits per heavy atom. The quantitative estimate of drug-likeness (QED) is 0.353.